The van der Waals surface area contributed by atoms with Gasteiger partial charge in [0, 0.05) is 37.1 Å². The molecule has 0 radical (unpaired) electrons. The van der Waals surface area contributed by atoms with Crippen molar-refractivity contribution >= 4 is 17.6 Å². The Hall–Kier alpha value is -0.740. The average molecular weight is 305 g/mol. The highest BCUT2D eigenvalue weighted by Gasteiger charge is 2.20. The van der Waals surface area contributed by atoms with Gasteiger partial charge in [-0.2, -0.15) is 11.8 Å². The molecule has 116 valence electrons. The molecule has 2 fully saturated rings. The van der Waals surface area contributed by atoms with Crippen LogP contribution in [0.3, 0.4) is 0 Å². The molecule has 0 spiro atoms. The van der Waals surface area contributed by atoms with Gasteiger partial charge >= 0.3 is 0 Å². The zero-order chi connectivity index (χ0) is 14.5. The van der Waals surface area contributed by atoms with E-state index in [1.165, 1.54) is 54.3 Å². The van der Waals surface area contributed by atoms with E-state index in [0.717, 1.165) is 32.1 Å². The van der Waals surface area contributed by atoms with Crippen LogP contribution in [0.15, 0.2) is 12.1 Å². The van der Waals surface area contributed by atoms with Gasteiger partial charge in [0.1, 0.15) is 5.82 Å². The highest BCUT2D eigenvalue weighted by atomic mass is 32.2. The summed E-state index contributed by atoms with van der Waals surface area (Å²) in [6.07, 6.45) is 6.24. The molecule has 21 heavy (non-hydrogen) atoms. The normalized spacial score (nSPS) is 19.6. The molecule has 1 aromatic rings. The van der Waals surface area contributed by atoms with Crippen LogP contribution in [0.25, 0.3) is 0 Å². The van der Waals surface area contributed by atoms with Gasteiger partial charge in [-0.1, -0.05) is 13.3 Å². The summed E-state index contributed by atoms with van der Waals surface area (Å²) in [4.78, 5) is 7.41. The molecule has 0 amide bonds. The molecule has 0 unspecified atom stereocenters. The lowest BCUT2D eigenvalue weighted by Crippen LogP contribution is -2.27. The van der Waals surface area contributed by atoms with Crippen LogP contribution in [0.1, 0.15) is 43.9 Å². The number of thioether (sulfide) groups is 1. The molecule has 0 aromatic carbocycles. The summed E-state index contributed by atoms with van der Waals surface area (Å²) in [5, 5.41) is 3.63. The molecule has 1 saturated carbocycles. The van der Waals surface area contributed by atoms with E-state index in [-0.39, 0.29) is 0 Å². The minimum absolute atomic E-state index is 0.769. The molecule has 1 aliphatic carbocycles. The monoisotopic (exact) mass is 305 g/mol. The summed E-state index contributed by atoms with van der Waals surface area (Å²) in [5.41, 5.74) is 2.67. The Morgan fingerprint density at radius 3 is 3.00 bits per heavy atom. The first-order valence-corrected chi connectivity index (χ1v) is 9.56. The summed E-state index contributed by atoms with van der Waals surface area (Å²) in [6, 6.07) is 5.38. The molecule has 0 bridgehead atoms. The van der Waals surface area contributed by atoms with Crippen molar-refractivity contribution in [2.24, 2.45) is 0 Å². The highest BCUT2D eigenvalue weighted by Crippen LogP contribution is 2.22. The SMILES string of the molecule is CCCc1cc(CNC2CC2)cc(N2CCCSCC2)n1. The fraction of sp³-hybridized carbons (Fsp3) is 0.706. The highest BCUT2D eigenvalue weighted by molar-refractivity contribution is 7.99. The van der Waals surface area contributed by atoms with Gasteiger partial charge in [-0.05, 0) is 49.1 Å². The second-order valence-corrected chi connectivity index (χ2v) is 7.41. The number of nitrogens with zero attached hydrogens (tertiary/aromatic N) is 2. The van der Waals surface area contributed by atoms with Crippen LogP contribution in [0.4, 0.5) is 5.82 Å². The molecule has 0 atom stereocenters. The number of pyridine rings is 1. The van der Waals surface area contributed by atoms with Crippen molar-refractivity contribution in [1.82, 2.24) is 10.3 Å². The maximum Gasteiger partial charge on any atom is 0.129 e. The van der Waals surface area contributed by atoms with Gasteiger partial charge in [0.2, 0.25) is 0 Å². The standard InChI is InChI=1S/C17H27N3S/c1-2-4-16-11-14(13-18-15-5-6-15)12-17(19-16)20-7-3-9-21-10-8-20/h11-12,15,18H,2-10,13H2,1H3. The van der Waals surface area contributed by atoms with Gasteiger partial charge in [0.15, 0.2) is 0 Å². The van der Waals surface area contributed by atoms with Crippen molar-refractivity contribution in [3.63, 3.8) is 0 Å². The van der Waals surface area contributed by atoms with Crippen LogP contribution < -0.4 is 10.2 Å². The Balaban J connectivity index is 1.75. The Morgan fingerprint density at radius 2 is 2.19 bits per heavy atom. The Labute approximate surface area is 132 Å². The molecular weight excluding hydrogens is 278 g/mol. The van der Waals surface area contributed by atoms with Crippen LogP contribution in [-0.4, -0.2) is 35.6 Å². The third-order valence-electron chi connectivity index (χ3n) is 4.15. The van der Waals surface area contributed by atoms with Crippen LogP contribution in [0.2, 0.25) is 0 Å². The molecule has 4 heteroatoms. The number of aromatic nitrogens is 1. The summed E-state index contributed by atoms with van der Waals surface area (Å²) >= 11 is 2.07. The van der Waals surface area contributed by atoms with E-state index in [9.17, 15) is 0 Å². The van der Waals surface area contributed by atoms with Crippen LogP contribution in [-0.2, 0) is 13.0 Å². The summed E-state index contributed by atoms with van der Waals surface area (Å²) < 4.78 is 0. The minimum Gasteiger partial charge on any atom is -0.356 e. The minimum atomic E-state index is 0.769. The van der Waals surface area contributed by atoms with Gasteiger partial charge in [-0.25, -0.2) is 4.98 Å². The maximum atomic E-state index is 4.92. The number of hydrogen-bond donors (Lipinski definition) is 1. The van der Waals surface area contributed by atoms with Crippen molar-refractivity contribution in [2.75, 3.05) is 29.5 Å². The molecule has 3 nitrogen and oxygen atoms in total. The van der Waals surface area contributed by atoms with E-state index < -0.39 is 0 Å². The van der Waals surface area contributed by atoms with E-state index in [0.29, 0.717) is 0 Å². The molecule has 1 saturated heterocycles. The lowest BCUT2D eigenvalue weighted by molar-refractivity contribution is 0.684. The number of nitrogens with one attached hydrogen (secondary N) is 1. The van der Waals surface area contributed by atoms with Crippen molar-refractivity contribution < 1.29 is 0 Å². The Kier molecular flexibility index (Phi) is 5.42. The van der Waals surface area contributed by atoms with E-state index in [2.05, 4.69) is 41.0 Å². The molecular formula is C17H27N3S. The third-order valence-corrected chi connectivity index (χ3v) is 5.20. The predicted molar refractivity (Wildman–Crippen MR) is 92.2 cm³/mol. The molecule has 2 aliphatic rings. The van der Waals surface area contributed by atoms with Crippen LogP contribution in [0, 0.1) is 0 Å². The van der Waals surface area contributed by atoms with E-state index in [1.807, 2.05) is 0 Å². The number of rotatable bonds is 6. The number of anilines is 1. The van der Waals surface area contributed by atoms with Gasteiger partial charge in [0.25, 0.3) is 0 Å². The summed E-state index contributed by atoms with van der Waals surface area (Å²) in [7, 11) is 0. The zero-order valence-corrected chi connectivity index (χ0v) is 13.9. The van der Waals surface area contributed by atoms with E-state index >= 15 is 0 Å². The third kappa shape index (κ3) is 4.62. The van der Waals surface area contributed by atoms with Crippen molar-refractivity contribution in [3.8, 4) is 0 Å². The number of hydrogen-bond acceptors (Lipinski definition) is 4. The summed E-state index contributed by atoms with van der Waals surface area (Å²) in [6.45, 7) is 5.53. The van der Waals surface area contributed by atoms with Gasteiger partial charge < -0.3 is 10.2 Å². The molecule has 1 aromatic heterocycles. The quantitative estimate of drug-likeness (QED) is 0.873. The van der Waals surface area contributed by atoms with Gasteiger partial charge in [-0.3, -0.25) is 0 Å². The van der Waals surface area contributed by atoms with Gasteiger partial charge in [0.05, 0.1) is 0 Å². The number of aryl methyl sites for hydroxylation is 1. The molecule has 1 aliphatic heterocycles. The van der Waals surface area contributed by atoms with Crippen molar-refractivity contribution in [3.05, 3.63) is 23.4 Å². The molecule has 3 rings (SSSR count). The van der Waals surface area contributed by atoms with Crippen molar-refractivity contribution in [2.45, 2.75) is 51.6 Å². The fourth-order valence-electron chi connectivity index (χ4n) is 2.81. The molecule has 2 heterocycles. The first-order valence-electron chi connectivity index (χ1n) is 8.41. The van der Waals surface area contributed by atoms with Gasteiger partial charge in [-0.15, -0.1) is 0 Å². The van der Waals surface area contributed by atoms with Crippen LogP contribution in [0.5, 0.6) is 0 Å². The molecule has 1 N–H and O–H groups in total. The lowest BCUT2D eigenvalue weighted by atomic mass is 10.1. The fourth-order valence-corrected chi connectivity index (χ4v) is 3.69. The van der Waals surface area contributed by atoms with E-state index in [1.54, 1.807) is 0 Å². The second kappa shape index (κ2) is 7.50. The van der Waals surface area contributed by atoms with E-state index in [4.69, 9.17) is 4.98 Å². The van der Waals surface area contributed by atoms with Crippen molar-refractivity contribution in [1.29, 1.82) is 0 Å². The first-order chi connectivity index (χ1) is 10.3. The van der Waals surface area contributed by atoms with Crippen LogP contribution >= 0.6 is 11.8 Å². The lowest BCUT2D eigenvalue weighted by Gasteiger charge is -2.22. The second-order valence-electron chi connectivity index (χ2n) is 6.18. The topological polar surface area (TPSA) is 28.2 Å². The smallest absolute Gasteiger partial charge is 0.129 e. The Morgan fingerprint density at radius 1 is 1.29 bits per heavy atom. The first kappa shape index (κ1) is 15.2. The predicted octanol–water partition coefficient (Wildman–Crippen LogP) is 3.23. The zero-order valence-electron chi connectivity index (χ0n) is 13.1. The maximum absolute atomic E-state index is 4.92. The average Bonchev–Trinajstić information content (AvgIpc) is 3.32. The largest absolute Gasteiger partial charge is 0.356 e. The Bertz CT molecular complexity index is 451. The summed E-state index contributed by atoms with van der Waals surface area (Å²) in [5.74, 6) is 3.73.